The number of hydrogen-bond donors (Lipinski definition) is 2. The van der Waals surface area contributed by atoms with E-state index in [1.807, 2.05) is 0 Å². The van der Waals surface area contributed by atoms with E-state index in [0.717, 1.165) is 17.7 Å². The fourth-order valence-electron chi connectivity index (χ4n) is 2.38. The first-order valence-corrected chi connectivity index (χ1v) is 7.39. The Morgan fingerprint density at radius 3 is 2.50 bits per heavy atom. The van der Waals surface area contributed by atoms with Crippen molar-refractivity contribution in [3.63, 3.8) is 0 Å². The van der Waals surface area contributed by atoms with Gasteiger partial charge in [0, 0.05) is 26.0 Å². The molecule has 0 saturated carbocycles. The van der Waals surface area contributed by atoms with Crippen molar-refractivity contribution in [1.29, 1.82) is 0 Å². The summed E-state index contributed by atoms with van der Waals surface area (Å²) in [7, 11) is 1.47. The topological polar surface area (TPSA) is 54.4 Å². The van der Waals surface area contributed by atoms with Crippen LogP contribution in [0.5, 0.6) is 0 Å². The summed E-state index contributed by atoms with van der Waals surface area (Å²) >= 11 is 0. The molecule has 1 aromatic heterocycles. The van der Waals surface area contributed by atoms with Gasteiger partial charge in [0.05, 0.1) is 24.3 Å². The fraction of sp³-hybridized carbons (Fsp3) is 0.353. The highest BCUT2D eigenvalue weighted by molar-refractivity contribution is 5.34. The van der Waals surface area contributed by atoms with Crippen LogP contribution in [0.1, 0.15) is 22.7 Å². The summed E-state index contributed by atoms with van der Waals surface area (Å²) in [6, 6.07) is 8.09. The van der Waals surface area contributed by atoms with Gasteiger partial charge in [0.15, 0.2) is 0 Å². The van der Waals surface area contributed by atoms with Gasteiger partial charge < -0.3 is 15.2 Å². The molecule has 0 fully saturated rings. The van der Waals surface area contributed by atoms with Gasteiger partial charge in [0.25, 0.3) is 0 Å². The van der Waals surface area contributed by atoms with E-state index in [1.54, 1.807) is 30.6 Å². The second kappa shape index (κ2) is 8.23. The number of nitrogens with zero attached hydrogens (tertiary/aromatic N) is 1. The highest BCUT2D eigenvalue weighted by atomic mass is 19.4. The van der Waals surface area contributed by atoms with Crippen molar-refractivity contribution >= 4 is 0 Å². The maximum atomic E-state index is 13.0. The highest BCUT2D eigenvalue weighted by Gasteiger charge is 2.31. The lowest BCUT2D eigenvalue weighted by Gasteiger charge is -2.22. The third kappa shape index (κ3) is 5.02. The first kappa shape index (κ1) is 18.4. The van der Waals surface area contributed by atoms with Crippen molar-refractivity contribution < 1.29 is 23.0 Å². The number of pyridine rings is 1. The summed E-state index contributed by atoms with van der Waals surface area (Å²) in [4.78, 5) is 3.93. The van der Waals surface area contributed by atoms with Crippen molar-refractivity contribution in [3.05, 3.63) is 65.5 Å². The molecule has 1 heterocycles. The molecule has 2 atom stereocenters. The maximum absolute atomic E-state index is 13.0. The summed E-state index contributed by atoms with van der Waals surface area (Å²) in [6.07, 6.45) is -2.02. The zero-order valence-electron chi connectivity index (χ0n) is 13.1. The number of hydrogen-bond acceptors (Lipinski definition) is 4. The molecule has 0 bridgehead atoms. The van der Waals surface area contributed by atoms with Gasteiger partial charge in [-0.2, -0.15) is 13.2 Å². The molecule has 0 radical (unpaired) electrons. The molecule has 2 rings (SSSR count). The summed E-state index contributed by atoms with van der Waals surface area (Å²) in [5.41, 5.74) is 0.507. The summed E-state index contributed by atoms with van der Waals surface area (Å²) < 4.78 is 43.7. The second-order valence-electron chi connectivity index (χ2n) is 5.35. The first-order chi connectivity index (χ1) is 11.4. The van der Waals surface area contributed by atoms with Gasteiger partial charge in [0.2, 0.25) is 0 Å². The van der Waals surface area contributed by atoms with Gasteiger partial charge >= 0.3 is 6.18 Å². The first-order valence-electron chi connectivity index (χ1n) is 7.39. The van der Waals surface area contributed by atoms with E-state index in [0.29, 0.717) is 5.56 Å². The van der Waals surface area contributed by atoms with Crippen LogP contribution in [0, 0.1) is 0 Å². The average molecular weight is 340 g/mol. The summed E-state index contributed by atoms with van der Waals surface area (Å²) in [6.45, 7) is 0.315. The normalized spacial score (nSPS) is 14.4. The van der Waals surface area contributed by atoms with Crippen LogP contribution in [0.2, 0.25) is 0 Å². The van der Waals surface area contributed by atoms with E-state index in [1.165, 1.54) is 13.2 Å². The second-order valence-corrected chi connectivity index (χ2v) is 5.35. The van der Waals surface area contributed by atoms with Crippen LogP contribution < -0.4 is 5.32 Å². The van der Waals surface area contributed by atoms with E-state index < -0.39 is 23.9 Å². The molecule has 2 N–H and O–H groups in total. The lowest BCUT2D eigenvalue weighted by atomic mass is 9.97. The SMILES string of the molecule is COCC(O)CNC(c1ccncc1)c1cccc(C(F)(F)F)c1. The molecule has 130 valence electrons. The van der Waals surface area contributed by atoms with Crippen LogP contribution in [-0.2, 0) is 10.9 Å². The van der Waals surface area contributed by atoms with Crippen LogP contribution in [0.4, 0.5) is 13.2 Å². The van der Waals surface area contributed by atoms with Crippen molar-refractivity contribution in [2.24, 2.45) is 0 Å². The van der Waals surface area contributed by atoms with Crippen LogP contribution in [0.3, 0.4) is 0 Å². The zero-order chi connectivity index (χ0) is 17.6. The number of benzene rings is 1. The quantitative estimate of drug-likeness (QED) is 0.814. The molecule has 2 unspecified atom stereocenters. The standard InChI is InChI=1S/C17H19F3N2O2/c1-24-11-15(23)10-22-16(12-5-7-21-8-6-12)13-3-2-4-14(9-13)17(18,19)20/h2-9,15-16,22-23H,10-11H2,1H3. The average Bonchev–Trinajstić information content (AvgIpc) is 2.56. The smallest absolute Gasteiger partial charge is 0.389 e. The molecule has 0 saturated heterocycles. The fourth-order valence-corrected chi connectivity index (χ4v) is 2.38. The highest BCUT2D eigenvalue weighted by Crippen LogP contribution is 2.32. The number of halogens is 3. The molecule has 4 nitrogen and oxygen atoms in total. The van der Waals surface area contributed by atoms with Crippen LogP contribution in [-0.4, -0.2) is 36.5 Å². The monoisotopic (exact) mass is 340 g/mol. The third-order valence-electron chi connectivity index (χ3n) is 3.50. The number of aliphatic hydroxyl groups excluding tert-OH is 1. The number of aliphatic hydroxyl groups is 1. The van der Waals surface area contributed by atoms with Gasteiger partial charge in [-0.25, -0.2) is 0 Å². The number of rotatable bonds is 7. The minimum Gasteiger partial charge on any atom is -0.389 e. The Bertz CT molecular complexity index is 635. The molecule has 0 aliphatic rings. The van der Waals surface area contributed by atoms with Crippen LogP contribution in [0.25, 0.3) is 0 Å². The minimum atomic E-state index is -4.41. The molecule has 0 aliphatic carbocycles. The molecular weight excluding hydrogens is 321 g/mol. The van der Waals surface area contributed by atoms with Crippen LogP contribution in [0.15, 0.2) is 48.8 Å². The molecule has 0 spiro atoms. The number of alkyl halides is 3. The minimum absolute atomic E-state index is 0.138. The lowest BCUT2D eigenvalue weighted by Crippen LogP contribution is -2.33. The molecule has 0 amide bonds. The maximum Gasteiger partial charge on any atom is 0.416 e. The Labute approximate surface area is 138 Å². The predicted molar refractivity (Wildman–Crippen MR) is 83.4 cm³/mol. The van der Waals surface area contributed by atoms with Crippen molar-refractivity contribution in [3.8, 4) is 0 Å². The van der Waals surface area contributed by atoms with E-state index in [4.69, 9.17) is 4.74 Å². The summed E-state index contributed by atoms with van der Waals surface area (Å²) in [5.74, 6) is 0. The number of ether oxygens (including phenoxy) is 1. The number of nitrogens with one attached hydrogen (secondary N) is 1. The van der Waals surface area contributed by atoms with Crippen molar-refractivity contribution in [1.82, 2.24) is 10.3 Å². The van der Waals surface area contributed by atoms with Gasteiger partial charge in [-0.3, -0.25) is 4.98 Å². The Kier molecular flexibility index (Phi) is 6.30. The summed E-state index contributed by atoms with van der Waals surface area (Å²) in [5, 5.41) is 12.9. The molecule has 7 heteroatoms. The molecule has 2 aromatic rings. The van der Waals surface area contributed by atoms with Crippen molar-refractivity contribution in [2.75, 3.05) is 20.3 Å². The third-order valence-corrected chi connectivity index (χ3v) is 3.50. The van der Waals surface area contributed by atoms with Gasteiger partial charge in [-0.15, -0.1) is 0 Å². The largest absolute Gasteiger partial charge is 0.416 e. The Balaban J connectivity index is 2.29. The van der Waals surface area contributed by atoms with E-state index in [9.17, 15) is 18.3 Å². The van der Waals surface area contributed by atoms with Gasteiger partial charge in [-0.1, -0.05) is 12.1 Å². The van der Waals surface area contributed by atoms with Crippen LogP contribution >= 0.6 is 0 Å². The molecule has 0 aliphatic heterocycles. The van der Waals surface area contributed by atoms with E-state index >= 15 is 0 Å². The molecule has 24 heavy (non-hydrogen) atoms. The number of aromatic nitrogens is 1. The Morgan fingerprint density at radius 2 is 1.88 bits per heavy atom. The van der Waals surface area contributed by atoms with E-state index in [2.05, 4.69) is 10.3 Å². The predicted octanol–water partition coefficient (Wildman–Crippen LogP) is 2.79. The van der Waals surface area contributed by atoms with Crippen molar-refractivity contribution in [2.45, 2.75) is 18.3 Å². The Hall–Kier alpha value is -1.96. The molecular formula is C17H19F3N2O2. The zero-order valence-corrected chi connectivity index (χ0v) is 13.1. The van der Waals surface area contributed by atoms with E-state index in [-0.39, 0.29) is 13.2 Å². The number of methoxy groups -OCH3 is 1. The van der Waals surface area contributed by atoms with Gasteiger partial charge in [-0.05, 0) is 35.4 Å². The lowest BCUT2D eigenvalue weighted by molar-refractivity contribution is -0.137. The molecule has 1 aromatic carbocycles. The Morgan fingerprint density at radius 1 is 1.17 bits per heavy atom. The van der Waals surface area contributed by atoms with Gasteiger partial charge in [0.1, 0.15) is 0 Å².